The summed E-state index contributed by atoms with van der Waals surface area (Å²) >= 11 is 23.5. The Labute approximate surface area is 140 Å². The van der Waals surface area contributed by atoms with Gasteiger partial charge >= 0.3 is 0 Å². The van der Waals surface area contributed by atoms with Crippen molar-refractivity contribution in [2.75, 3.05) is 5.43 Å². The van der Waals surface area contributed by atoms with Crippen LogP contribution in [0, 0.1) is 11.3 Å². The molecule has 1 heterocycles. The molecule has 0 atom stereocenters. The molecule has 2 aromatic rings. The number of pyridine rings is 1. The molecule has 0 amide bonds. The highest BCUT2D eigenvalue weighted by atomic mass is 35.5. The van der Waals surface area contributed by atoms with Crippen molar-refractivity contribution < 1.29 is 0 Å². The van der Waals surface area contributed by atoms with Gasteiger partial charge in [-0.3, -0.25) is 5.43 Å². The number of hydrazone groups is 1. The highest BCUT2D eigenvalue weighted by molar-refractivity contribution is 6.45. The molecule has 0 saturated carbocycles. The van der Waals surface area contributed by atoms with Crippen LogP contribution in [0.25, 0.3) is 0 Å². The summed E-state index contributed by atoms with van der Waals surface area (Å²) in [6.07, 6.45) is 1.55. The zero-order valence-electron chi connectivity index (χ0n) is 10.2. The first-order valence-electron chi connectivity index (χ1n) is 5.52. The number of aromatic nitrogens is 1. The van der Waals surface area contributed by atoms with Gasteiger partial charge in [-0.2, -0.15) is 10.4 Å². The predicted octanol–water partition coefficient (Wildman–Crippen LogP) is 5.01. The minimum atomic E-state index is -0.0453. The molecular formula is C13H6Cl4N4. The summed E-state index contributed by atoms with van der Waals surface area (Å²) in [4.78, 5) is 3.93. The van der Waals surface area contributed by atoms with Crippen molar-refractivity contribution >= 4 is 58.4 Å². The summed E-state index contributed by atoms with van der Waals surface area (Å²) in [5.41, 5.74) is 3.48. The number of hydrogen-bond donors (Lipinski definition) is 1. The van der Waals surface area contributed by atoms with Gasteiger partial charge < -0.3 is 0 Å². The van der Waals surface area contributed by atoms with Crippen LogP contribution in [0.4, 0.5) is 5.82 Å². The lowest BCUT2D eigenvalue weighted by Crippen LogP contribution is -1.97. The number of anilines is 1. The average Bonchev–Trinajstić information content (AvgIpc) is 2.47. The first kappa shape index (κ1) is 15.9. The van der Waals surface area contributed by atoms with Crippen molar-refractivity contribution in [1.29, 1.82) is 5.26 Å². The van der Waals surface area contributed by atoms with Gasteiger partial charge in [-0.25, -0.2) is 4.98 Å². The lowest BCUT2D eigenvalue weighted by Gasteiger charge is -2.06. The fourth-order valence-electron chi connectivity index (χ4n) is 1.39. The van der Waals surface area contributed by atoms with Gasteiger partial charge in [-0.05, 0) is 17.7 Å². The minimum absolute atomic E-state index is 0.0237. The van der Waals surface area contributed by atoms with Crippen LogP contribution in [0.1, 0.15) is 11.1 Å². The van der Waals surface area contributed by atoms with Crippen molar-refractivity contribution in [3.05, 3.63) is 55.6 Å². The number of halogens is 4. The maximum absolute atomic E-state index is 8.88. The molecule has 106 valence electrons. The molecule has 0 bridgehead atoms. The van der Waals surface area contributed by atoms with Crippen LogP contribution in [-0.2, 0) is 0 Å². The molecule has 21 heavy (non-hydrogen) atoms. The number of nitriles is 1. The van der Waals surface area contributed by atoms with Crippen molar-refractivity contribution in [3.63, 3.8) is 0 Å². The van der Waals surface area contributed by atoms with Gasteiger partial charge in [-0.1, -0.05) is 58.5 Å². The largest absolute Gasteiger partial charge is 0.260 e. The predicted molar refractivity (Wildman–Crippen MR) is 86.7 cm³/mol. The third kappa shape index (κ3) is 3.78. The van der Waals surface area contributed by atoms with Crippen LogP contribution >= 0.6 is 46.4 Å². The molecular weight excluding hydrogens is 354 g/mol. The molecule has 0 fully saturated rings. The third-order valence-corrected chi connectivity index (χ3v) is 3.77. The van der Waals surface area contributed by atoms with Crippen molar-refractivity contribution in [3.8, 4) is 6.07 Å². The van der Waals surface area contributed by atoms with Crippen LogP contribution < -0.4 is 5.43 Å². The summed E-state index contributed by atoms with van der Waals surface area (Å²) in [5.74, 6) is 0.163. The molecule has 0 saturated heterocycles. The lowest BCUT2D eigenvalue weighted by molar-refractivity contribution is 1.22. The average molecular weight is 360 g/mol. The fourth-order valence-corrected chi connectivity index (χ4v) is 2.19. The van der Waals surface area contributed by atoms with Crippen LogP contribution in [0.5, 0.6) is 0 Å². The molecule has 4 nitrogen and oxygen atoms in total. The standard InChI is InChI=1S/C13H6Cl4N4/c14-8-3-1-7(2-4-8)6-19-21-13-11(16)10(15)9(5-18)12(17)20-13/h1-4,6H,(H,20,21). The van der Waals surface area contributed by atoms with E-state index in [4.69, 9.17) is 51.7 Å². The van der Waals surface area contributed by atoms with Gasteiger partial charge in [0, 0.05) is 5.02 Å². The quantitative estimate of drug-likeness (QED) is 0.475. The smallest absolute Gasteiger partial charge is 0.168 e. The molecule has 1 aromatic carbocycles. The van der Waals surface area contributed by atoms with Gasteiger partial charge in [0.1, 0.15) is 16.7 Å². The van der Waals surface area contributed by atoms with E-state index in [-0.39, 0.29) is 26.6 Å². The Morgan fingerprint density at radius 2 is 1.76 bits per heavy atom. The lowest BCUT2D eigenvalue weighted by atomic mass is 10.2. The molecule has 0 aliphatic rings. The van der Waals surface area contributed by atoms with E-state index < -0.39 is 0 Å². The zero-order valence-corrected chi connectivity index (χ0v) is 13.3. The normalized spacial score (nSPS) is 10.6. The van der Waals surface area contributed by atoms with E-state index in [2.05, 4.69) is 15.5 Å². The second-order valence-corrected chi connectivity index (χ2v) is 5.34. The van der Waals surface area contributed by atoms with Crippen LogP contribution in [-0.4, -0.2) is 11.2 Å². The number of nitrogens with one attached hydrogen (secondary N) is 1. The third-order valence-electron chi connectivity index (χ3n) is 2.40. The summed E-state index contributed by atoms with van der Waals surface area (Å²) < 4.78 is 0. The van der Waals surface area contributed by atoms with E-state index in [9.17, 15) is 0 Å². The van der Waals surface area contributed by atoms with E-state index in [1.807, 2.05) is 6.07 Å². The van der Waals surface area contributed by atoms with Crippen molar-refractivity contribution in [2.24, 2.45) is 5.10 Å². The van der Waals surface area contributed by atoms with Gasteiger partial charge in [0.15, 0.2) is 11.0 Å². The zero-order chi connectivity index (χ0) is 15.4. The molecule has 0 aliphatic heterocycles. The molecule has 1 N–H and O–H groups in total. The van der Waals surface area contributed by atoms with Gasteiger partial charge in [0.2, 0.25) is 0 Å². The first-order valence-corrected chi connectivity index (χ1v) is 7.03. The highest BCUT2D eigenvalue weighted by Gasteiger charge is 2.15. The van der Waals surface area contributed by atoms with Crippen LogP contribution in [0.2, 0.25) is 20.2 Å². The second kappa shape index (κ2) is 6.97. The maximum atomic E-state index is 8.88. The molecule has 8 heteroatoms. The summed E-state index contributed by atoms with van der Waals surface area (Å²) in [7, 11) is 0. The number of rotatable bonds is 3. The van der Waals surface area contributed by atoms with E-state index in [0.29, 0.717) is 5.02 Å². The van der Waals surface area contributed by atoms with E-state index in [1.165, 1.54) is 0 Å². The maximum Gasteiger partial charge on any atom is 0.168 e. The summed E-state index contributed by atoms with van der Waals surface area (Å²) in [6.45, 7) is 0. The molecule has 1 aromatic heterocycles. The molecule has 0 radical (unpaired) electrons. The van der Waals surface area contributed by atoms with Gasteiger partial charge in [0.25, 0.3) is 0 Å². The van der Waals surface area contributed by atoms with E-state index in [1.54, 1.807) is 30.5 Å². The first-order chi connectivity index (χ1) is 10.0. The molecule has 0 spiro atoms. The van der Waals surface area contributed by atoms with Crippen LogP contribution in [0.15, 0.2) is 29.4 Å². The van der Waals surface area contributed by atoms with E-state index in [0.717, 1.165) is 5.56 Å². The Morgan fingerprint density at radius 1 is 1.10 bits per heavy atom. The van der Waals surface area contributed by atoms with Gasteiger partial charge in [-0.15, -0.1) is 0 Å². The Morgan fingerprint density at radius 3 is 2.38 bits per heavy atom. The van der Waals surface area contributed by atoms with Crippen LogP contribution in [0.3, 0.4) is 0 Å². The van der Waals surface area contributed by atoms with Gasteiger partial charge in [0.05, 0.1) is 11.2 Å². The summed E-state index contributed by atoms with van der Waals surface area (Å²) in [6, 6.07) is 8.89. The van der Waals surface area contributed by atoms with E-state index >= 15 is 0 Å². The number of nitrogens with zero attached hydrogens (tertiary/aromatic N) is 3. The van der Waals surface area contributed by atoms with Crippen molar-refractivity contribution in [1.82, 2.24) is 4.98 Å². The second-order valence-electron chi connectivity index (χ2n) is 3.79. The highest BCUT2D eigenvalue weighted by Crippen LogP contribution is 2.34. The molecule has 0 unspecified atom stereocenters. The summed E-state index contributed by atoms with van der Waals surface area (Å²) in [5, 5.41) is 13.6. The fraction of sp³-hybridized carbons (Fsp3) is 0. The molecule has 2 rings (SSSR count). The Kier molecular flexibility index (Phi) is 5.27. The SMILES string of the molecule is N#Cc1c(Cl)nc(NN=Cc2ccc(Cl)cc2)c(Cl)c1Cl. The molecule has 0 aliphatic carbocycles. The number of hydrogen-bond acceptors (Lipinski definition) is 4. The Balaban J connectivity index is 2.21. The number of benzene rings is 1. The monoisotopic (exact) mass is 358 g/mol. The van der Waals surface area contributed by atoms with Crippen molar-refractivity contribution in [2.45, 2.75) is 0 Å². The topological polar surface area (TPSA) is 61.1 Å². The Bertz CT molecular complexity index is 735. The minimum Gasteiger partial charge on any atom is -0.260 e. The Hall–Kier alpha value is -1.51.